The third kappa shape index (κ3) is 3.72. The fourth-order valence-corrected chi connectivity index (χ4v) is 4.15. The van der Waals surface area contributed by atoms with Crippen molar-refractivity contribution in [1.29, 1.82) is 0 Å². The van der Waals surface area contributed by atoms with Crippen LogP contribution in [0.25, 0.3) is 16.9 Å². The predicted molar refractivity (Wildman–Crippen MR) is 126 cm³/mol. The number of ketones is 1. The van der Waals surface area contributed by atoms with Crippen LogP contribution in [0.5, 0.6) is 0 Å². The summed E-state index contributed by atoms with van der Waals surface area (Å²) in [7, 11) is 0. The number of nitrogens with two attached hydrogens (primary N) is 1. The van der Waals surface area contributed by atoms with Crippen molar-refractivity contribution >= 4 is 50.1 Å². The Balaban J connectivity index is 1.99. The van der Waals surface area contributed by atoms with Crippen LogP contribution in [0.2, 0.25) is 0 Å². The number of benzene rings is 2. The number of carbonyl (C=O) groups excluding carboxylic acids is 1. The molecule has 5 nitrogen and oxygen atoms in total. The maximum absolute atomic E-state index is 13.5. The zero-order valence-electron chi connectivity index (χ0n) is 15.4. The number of rotatable bonds is 4. The Labute approximate surface area is 190 Å². The molecule has 0 unspecified atom stereocenters. The minimum absolute atomic E-state index is 0.174. The molecule has 29 heavy (non-hydrogen) atoms. The van der Waals surface area contributed by atoms with Gasteiger partial charge >= 0.3 is 0 Å². The van der Waals surface area contributed by atoms with E-state index in [1.807, 2.05) is 61.5 Å². The molecule has 0 fully saturated rings. The molecule has 0 saturated carbocycles. The highest BCUT2D eigenvalue weighted by atomic mass is 127. The Bertz CT molecular complexity index is 1240. The van der Waals surface area contributed by atoms with Gasteiger partial charge in [0, 0.05) is 20.9 Å². The van der Waals surface area contributed by atoms with Crippen molar-refractivity contribution in [2.24, 2.45) is 0 Å². The topological polar surface area (TPSA) is 73.8 Å². The predicted octanol–water partition coefficient (Wildman–Crippen LogP) is 5.42. The van der Waals surface area contributed by atoms with E-state index in [1.54, 1.807) is 16.9 Å². The van der Waals surface area contributed by atoms with Gasteiger partial charge in [-0.3, -0.25) is 4.79 Å². The first-order chi connectivity index (χ1) is 14.0. The monoisotopic (exact) mass is 558 g/mol. The largest absolute Gasteiger partial charge is 0.383 e. The van der Waals surface area contributed by atoms with Crippen LogP contribution in [-0.4, -0.2) is 20.5 Å². The molecule has 2 heterocycles. The maximum Gasteiger partial charge on any atom is 0.199 e. The van der Waals surface area contributed by atoms with Crippen LogP contribution < -0.4 is 5.73 Å². The first kappa shape index (κ1) is 19.8. The number of nitrogens with zero attached hydrogens (tertiary/aromatic N) is 3. The summed E-state index contributed by atoms with van der Waals surface area (Å²) in [6.07, 6.45) is 1.68. The summed E-state index contributed by atoms with van der Waals surface area (Å²) < 4.78 is 3.21. The third-order valence-electron chi connectivity index (χ3n) is 4.59. The van der Waals surface area contributed by atoms with Gasteiger partial charge in [-0.15, -0.1) is 0 Å². The average molecular weight is 559 g/mol. The minimum atomic E-state index is -0.174. The highest BCUT2D eigenvalue weighted by molar-refractivity contribution is 14.1. The van der Waals surface area contributed by atoms with Gasteiger partial charge in [0.2, 0.25) is 0 Å². The minimum Gasteiger partial charge on any atom is -0.383 e. The number of anilines is 1. The Morgan fingerprint density at radius 1 is 1.10 bits per heavy atom. The molecular formula is C22H16BrIN4O. The lowest BCUT2D eigenvalue weighted by Crippen LogP contribution is -2.08. The molecule has 0 aliphatic rings. The molecule has 0 radical (unpaired) electrons. The number of aromatic nitrogens is 3. The Morgan fingerprint density at radius 3 is 2.62 bits per heavy atom. The van der Waals surface area contributed by atoms with Gasteiger partial charge in [0.05, 0.1) is 11.3 Å². The second-order valence-corrected chi connectivity index (χ2v) is 8.49. The Kier molecular flexibility index (Phi) is 5.51. The quantitative estimate of drug-likeness (QED) is 0.206. The smallest absolute Gasteiger partial charge is 0.199 e. The summed E-state index contributed by atoms with van der Waals surface area (Å²) in [4.78, 5) is 17.8. The molecule has 0 atom stereocenters. The van der Waals surface area contributed by atoms with Crippen LogP contribution in [0.4, 0.5) is 5.82 Å². The van der Waals surface area contributed by atoms with Crippen LogP contribution in [-0.2, 0) is 0 Å². The first-order valence-corrected chi connectivity index (χ1v) is 10.7. The summed E-state index contributed by atoms with van der Waals surface area (Å²) >= 11 is 5.66. The summed E-state index contributed by atoms with van der Waals surface area (Å²) in [6.45, 7) is 1.98. The Hall–Kier alpha value is -2.52. The Morgan fingerprint density at radius 2 is 1.90 bits per heavy atom. The lowest BCUT2D eigenvalue weighted by Gasteiger charge is -2.08. The molecule has 144 valence electrons. The molecule has 0 aliphatic heterocycles. The van der Waals surface area contributed by atoms with E-state index in [0.717, 1.165) is 14.8 Å². The first-order valence-electron chi connectivity index (χ1n) is 8.83. The van der Waals surface area contributed by atoms with E-state index in [2.05, 4.69) is 43.5 Å². The van der Waals surface area contributed by atoms with Crippen LogP contribution in [0.3, 0.4) is 0 Å². The number of hydrogen-bond donors (Lipinski definition) is 1. The molecule has 0 aliphatic carbocycles. The number of para-hydroxylation sites is 1. The number of nitrogen functional groups attached to an aromatic ring is 1. The normalized spacial score (nSPS) is 10.9. The summed E-state index contributed by atoms with van der Waals surface area (Å²) in [5, 5.41) is 4.74. The molecule has 2 aromatic carbocycles. The molecule has 0 amide bonds. The number of pyridine rings is 1. The van der Waals surface area contributed by atoms with Crippen molar-refractivity contribution in [2.45, 2.75) is 6.92 Å². The molecule has 2 N–H and O–H groups in total. The van der Waals surface area contributed by atoms with E-state index >= 15 is 0 Å². The van der Waals surface area contributed by atoms with Gasteiger partial charge < -0.3 is 5.73 Å². The number of hydrogen-bond acceptors (Lipinski definition) is 4. The lowest BCUT2D eigenvalue weighted by molar-refractivity contribution is 0.104. The summed E-state index contributed by atoms with van der Waals surface area (Å²) in [5.41, 5.74) is 10.5. The van der Waals surface area contributed by atoms with Crippen molar-refractivity contribution in [3.05, 3.63) is 91.7 Å². The molecule has 2 aromatic heterocycles. The van der Waals surface area contributed by atoms with Gasteiger partial charge in [-0.2, -0.15) is 5.10 Å². The van der Waals surface area contributed by atoms with Crippen LogP contribution >= 0.6 is 38.5 Å². The van der Waals surface area contributed by atoms with Gasteiger partial charge in [-0.05, 0) is 81.3 Å². The zero-order valence-corrected chi connectivity index (χ0v) is 19.2. The summed E-state index contributed by atoms with van der Waals surface area (Å²) in [6, 6.07) is 18.9. The molecule has 4 rings (SSSR count). The van der Waals surface area contributed by atoms with Crippen molar-refractivity contribution in [3.63, 3.8) is 0 Å². The zero-order chi connectivity index (χ0) is 20.5. The fraction of sp³-hybridized carbons (Fsp3) is 0.0455. The SMILES string of the molecule is Cc1ccccc1-n1nc(-c2cccnc2Br)c(C(=O)c2cccc(I)c2)c1N. The number of halogens is 2. The average Bonchev–Trinajstić information content (AvgIpc) is 3.05. The highest BCUT2D eigenvalue weighted by Gasteiger charge is 2.26. The summed E-state index contributed by atoms with van der Waals surface area (Å²) in [5.74, 6) is 0.125. The molecular weight excluding hydrogens is 543 g/mol. The van der Waals surface area contributed by atoms with Crippen molar-refractivity contribution in [2.75, 3.05) is 5.73 Å². The van der Waals surface area contributed by atoms with Gasteiger partial charge in [0.15, 0.2) is 5.78 Å². The molecule has 0 saturated heterocycles. The van der Waals surface area contributed by atoms with E-state index in [0.29, 0.717) is 32.8 Å². The number of carbonyl (C=O) groups is 1. The second-order valence-electron chi connectivity index (χ2n) is 6.49. The number of aryl methyl sites for hydroxylation is 1. The second kappa shape index (κ2) is 8.08. The molecule has 0 bridgehead atoms. The van der Waals surface area contributed by atoms with E-state index in [1.165, 1.54) is 0 Å². The maximum atomic E-state index is 13.5. The van der Waals surface area contributed by atoms with E-state index in [4.69, 9.17) is 10.8 Å². The van der Waals surface area contributed by atoms with Crippen LogP contribution in [0, 0.1) is 10.5 Å². The van der Waals surface area contributed by atoms with Crippen molar-refractivity contribution in [3.8, 4) is 16.9 Å². The lowest BCUT2D eigenvalue weighted by atomic mass is 10.0. The van der Waals surface area contributed by atoms with Gasteiger partial charge in [-0.1, -0.05) is 30.3 Å². The van der Waals surface area contributed by atoms with E-state index in [9.17, 15) is 4.79 Å². The van der Waals surface area contributed by atoms with Crippen molar-refractivity contribution in [1.82, 2.24) is 14.8 Å². The third-order valence-corrected chi connectivity index (χ3v) is 5.90. The van der Waals surface area contributed by atoms with Crippen LogP contribution in [0.15, 0.2) is 71.5 Å². The van der Waals surface area contributed by atoms with Crippen LogP contribution in [0.1, 0.15) is 21.5 Å². The van der Waals surface area contributed by atoms with Gasteiger partial charge in [0.25, 0.3) is 0 Å². The van der Waals surface area contributed by atoms with Gasteiger partial charge in [0.1, 0.15) is 16.1 Å². The molecule has 4 aromatic rings. The standard InChI is InChI=1S/C22H16BrIN4O/c1-13-6-2-3-10-17(13)28-22(25)18(20(29)14-7-4-8-15(24)12-14)19(27-28)16-9-5-11-26-21(16)23/h2-12H,25H2,1H3. The van der Waals surface area contributed by atoms with Gasteiger partial charge in [-0.25, -0.2) is 9.67 Å². The van der Waals surface area contributed by atoms with E-state index in [-0.39, 0.29) is 5.78 Å². The fourth-order valence-electron chi connectivity index (χ4n) is 3.16. The highest BCUT2D eigenvalue weighted by Crippen LogP contribution is 2.34. The van der Waals surface area contributed by atoms with Crippen molar-refractivity contribution < 1.29 is 4.79 Å². The molecule has 7 heteroatoms. The van der Waals surface area contributed by atoms with E-state index < -0.39 is 0 Å². The molecule has 0 spiro atoms.